The topological polar surface area (TPSA) is 58.1 Å². The number of aromatic nitrogens is 2. The molecule has 0 saturated heterocycles. The third-order valence-corrected chi connectivity index (χ3v) is 5.07. The lowest BCUT2D eigenvalue weighted by Crippen LogP contribution is -2.42. The van der Waals surface area contributed by atoms with E-state index in [0.29, 0.717) is 17.5 Å². The Bertz CT molecular complexity index is 739. The molecule has 0 radical (unpaired) electrons. The van der Waals surface area contributed by atoms with Gasteiger partial charge in [0.05, 0.1) is 17.7 Å². The molecule has 2 aromatic rings. The molecule has 0 spiro atoms. The van der Waals surface area contributed by atoms with Crippen molar-refractivity contribution in [2.24, 2.45) is 0 Å². The SMILES string of the molecule is CN(C)c1nccc(CNC(=O)C2(c3ccc(Cl)cc3)CCCC2)n1. The molecule has 0 atom stereocenters. The number of nitrogens with one attached hydrogen (secondary N) is 1. The summed E-state index contributed by atoms with van der Waals surface area (Å²) in [5.41, 5.74) is 1.39. The van der Waals surface area contributed by atoms with Crippen molar-refractivity contribution < 1.29 is 4.79 Å². The molecule has 5 nitrogen and oxygen atoms in total. The molecule has 1 aliphatic carbocycles. The molecule has 1 saturated carbocycles. The predicted octanol–water partition coefficient (Wildman–Crippen LogP) is 3.32. The Kier molecular flexibility index (Phi) is 5.23. The maximum absolute atomic E-state index is 13.0. The Morgan fingerprint density at radius 1 is 1.20 bits per heavy atom. The minimum Gasteiger partial charge on any atom is -0.350 e. The van der Waals surface area contributed by atoms with Crippen LogP contribution in [0.15, 0.2) is 36.5 Å². The van der Waals surface area contributed by atoms with Crippen LogP contribution in [-0.4, -0.2) is 30.0 Å². The number of rotatable bonds is 5. The van der Waals surface area contributed by atoms with Gasteiger partial charge in [0, 0.05) is 25.3 Å². The van der Waals surface area contributed by atoms with Crippen molar-refractivity contribution >= 4 is 23.5 Å². The van der Waals surface area contributed by atoms with Crippen LogP contribution in [0, 0.1) is 0 Å². The minimum absolute atomic E-state index is 0.0670. The van der Waals surface area contributed by atoms with Crippen molar-refractivity contribution in [3.05, 3.63) is 52.8 Å². The molecule has 132 valence electrons. The number of anilines is 1. The van der Waals surface area contributed by atoms with Gasteiger partial charge in [-0.25, -0.2) is 9.97 Å². The summed E-state index contributed by atoms with van der Waals surface area (Å²) < 4.78 is 0. The summed E-state index contributed by atoms with van der Waals surface area (Å²) in [6.07, 6.45) is 5.58. The highest BCUT2D eigenvalue weighted by molar-refractivity contribution is 6.30. The quantitative estimate of drug-likeness (QED) is 0.890. The second-order valence-electron chi connectivity index (χ2n) is 6.72. The van der Waals surface area contributed by atoms with E-state index in [9.17, 15) is 4.79 Å². The van der Waals surface area contributed by atoms with E-state index < -0.39 is 5.41 Å². The Hall–Kier alpha value is -2.14. The van der Waals surface area contributed by atoms with Crippen molar-refractivity contribution in [1.29, 1.82) is 0 Å². The predicted molar refractivity (Wildman–Crippen MR) is 99.8 cm³/mol. The molecule has 1 N–H and O–H groups in total. The van der Waals surface area contributed by atoms with Gasteiger partial charge < -0.3 is 10.2 Å². The lowest BCUT2D eigenvalue weighted by atomic mass is 9.78. The molecule has 1 amide bonds. The summed E-state index contributed by atoms with van der Waals surface area (Å²) in [4.78, 5) is 23.6. The first-order valence-corrected chi connectivity index (χ1v) is 8.93. The van der Waals surface area contributed by atoms with Crippen LogP contribution >= 0.6 is 11.6 Å². The molecule has 0 bridgehead atoms. The van der Waals surface area contributed by atoms with E-state index >= 15 is 0 Å². The average molecular weight is 359 g/mol. The first kappa shape index (κ1) is 17.7. The van der Waals surface area contributed by atoms with E-state index in [0.717, 1.165) is 36.9 Å². The zero-order chi connectivity index (χ0) is 17.9. The number of nitrogens with zero attached hydrogens (tertiary/aromatic N) is 3. The van der Waals surface area contributed by atoms with Gasteiger partial charge >= 0.3 is 0 Å². The Morgan fingerprint density at radius 3 is 2.52 bits per heavy atom. The van der Waals surface area contributed by atoms with E-state index in [2.05, 4.69) is 15.3 Å². The zero-order valence-corrected chi connectivity index (χ0v) is 15.4. The Balaban J connectivity index is 1.76. The van der Waals surface area contributed by atoms with E-state index in [1.54, 1.807) is 6.20 Å². The molecule has 0 aliphatic heterocycles. The highest BCUT2D eigenvalue weighted by Crippen LogP contribution is 2.41. The minimum atomic E-state index is -0.456. The molecule has 25 heavy (non-hydrogen) atoms. The van der Waals surface area contributed by atoms with Gasteiger partial charge in [0.2, 0.25) is 11.9 Å². The van der Waals surface area contributed by atoms with E-state index in [1.807, 2.05) is 49.3 Å². The standard InChI is InChI=1S/C19H23ClN4O/c1-24(2)18-21-12-9-16(23-18)13-22-17(25)19(10-3-4-11-19)14-5-7-15(20)8-6-14/h5-9,12H,3-4,10-11,13H2,1-2H3,(H,22,25). The van der Waals surface area contributed by atoms with Crippen LogP contribution in [-0.2, 0) is 16.8 Å². The van der Waals surface area contributed by atoms with Crippen molar-refractivity contribution in [2.45, 2.75) is 37.6 Å². The number of hydrogen-bond donors (Lipinski definition) is 1. The summed E-state index contributed by atoms with van der Waals surface area (Å²) in [7, 11) is 3.79. The number of halogens is 1. The number of hydrogen-bond acceptors (Lipinski definition) is 4. The third kappa shape index (κ3) is 3.76. The molecule has 6 heteroatoms. The monoisotopic (exact) mass is 358 g/mol. The maximum Gasteiger partial charge on any atom is 0.230 e. The molecule has 1 aliphatic rings. The van der Waals surface area contributed by atoms with Gasteiger partial charge in [-0.1, -0.05) is 36.6 Å². The van der Waals surface area contributed by atoms with Gasteiger partial charge in [0.1, 0.15) is 0 Å². The van der Waals surface area contributed by atoms with Crippen LogP contribution < -0.4 is 10.2 Å². The fraction of sp³-hybridized carbons (Fsp3) is 0.421. The molecule has 3 rings (SSSR count). The van der Waals surface area contributed by atoms with E-state index in [-0.39, 0.29) is 5.91 Å². The summed E-state index contributed by atoms with van der Waals surface area (Å²) >= 11 is 6.01. The fourth-order valence-electron chi connectivity index (χ4n) is 3.43. The number of carbonyl (C=O) groups is 1. The smallest absolute Gasteiger partial charge is 0.230 e. The van der Waals surface area contributed by atoms with Crippen molar-refractivity contribution in [2.75, 3.05) is 19.0 Å². The number of carbonyl (C=O) groups excluding carboxylic acids is 1. The molecule has 1 aromatic heterocycles. The average Bonchev–Trinajstić information content (AvgIpc) is 3.11. The fourth-order valence-corrected chi connectivity index (χ4v) is 3.56. The summed E-state index contributed by atoms with van der Waals surface area (Å²) in [5, 5.41) is 3.77. The second kappa shape index (κ2) is 7.40. The molecule has 1 aromatic carbocycles. The zero-order valence-electron chi connectivity index (χ0n) is 14.6. The summed E-state index contributed by atoms with van der Waals surface area (Å²) in [5.74, 6) is 0.706. The van der Waals surface area contributed by atoms with Crippen molar-refractivity contribution in [3.8, 4) is 0 Å². The first-order valence-electron chi connectivity index (χ1n) is 8.55. The van der Waals surface area contributed by atoms with Gasteiger partial charge in [-0.3, -0.25) is 4.79 Å². The molecule has 1 fully saturated rings. The second-order valence-corrected chi connectivity index (χ2v) is 7.16. The van der Waals surface area contributed by atoms with Crippen LogP contribution in [0.2, 0.25) is 5.02 Å². The number of benzene rings is 1. The molecular formula is C19H23ClN4O. The third-order valence-electron chi connectivity index (χ3n) is 4.82. The number of amides is 1. The van der Waals surface area contributed by atoms with Gasteiger partial charge in [0.15, 0.2) is 0 Å². The summed E-state index contributed by atoms with van der Waals surface area (Å²) in [6.45, 7) is 0.400. The lowest BCUT2D eigenvalue weighted by molar-refractivity contribution is -0.126. The van der Waals surface area contributed by atoms with Crippen molar-refractivity contribution in [1.82, 2.24) is 15.3 Å². The van der Waals surface area contributed by atoms with E-state index in [4.69, 9.17) is 11.6 Å². The lowest BCUT2D eigenvalue weighted by Gasteiger charge is -2.28. The molecule has 1 heterocycles. The van der Waals surface area contributed by atoms with Gasteiger partial charge in [-0.05, 0) is 36.6 Å². The van der Waals surface area contributed by atoms with E-state index in [1.165, 1.54) is 0 Å². The summed E-state index contributed by atoms with van der Waals surface area (Å²) in [6, 6.07) is 9.50. The van der Waals surface area contributed by atoms with Crippen LogP contribution in [0.4, 0.5) is 5.95 Å². The largest absolute Gasteiger partial charge is 0.350 e. The van der Waals surface area contributed by atoms with Gasteiger partial charge in [-0.15, -0.1) is 0 Å². The van der Waals surface area contributed by atoms with Gasteiger partial charge in [-0.2, -0.15) is 0 Å². The van der Waals surface area contributed by atoms with Crippen molar-refractivity contribution in [3.63, 3.8) is 0 Å². The Labute approximate surface area is 153 Å². The first-order chi connectivity index (χ1) is 12.0. The highest BCUT2D eigenvalue weighted by Gasteiger charge is 2.42. The maximum atomic E-state index is 13.0. The molecule has 0 unspecified atom stereocenters. The Morgan fingerprint density at radius 2 is 1.88 bits per heavy atom. The van der Waals surface area contributed by atoms with Crippen LogP contribution in [0.3, 0.4) is 0 Å². The van der Waals surface area contributed by atoms with Crippen LogP contribution in [0.5, 0.6) is 0 Å². The highest BCUT2D eigenvalue weighted by atomic mass is 35.5. The molecular weight excluding hydrogens is 336 g/mol. The van der Waals surface area contributed by atoms with Gasteiger partial charge in [0.25, 0.3) is 0 Å². The normalized spacial score (nSPS) is 15.8. The van der Waals surface area contributed by atoms with Crippen LogP contribution in [0.1, 0.15) is 36.9 Å². The van der Waals surface area contributed by atoms with Crippen LogP contribution in [0.25, 0.3) is 0 Å².